The van der Waals surface area contributed by atoms with Crippen molar-refractivity contribution in [1.29, 1.82) is 0 Å². The maximum absolute atomic E-state index is 10.7. The summed E-state index contributed by atoms with van der Waals surface area (Å²) in [4.78, 5) is 10.7. The van der Waals surface area contributed by atoms with Crippen LogP contribution in [-0.4, -0.2) is 16.2 Å². The fraction of sp³-hybridized carbons (Fsp3) is 0.588. The lowest BCUT2D eigenvalue weighted by Gasteiger charge is -2.19. The maximum Gasteiger partial charge on any atom is 0.303 e. The van der Waals surface area contributed by atoms with Gasteiger partial charge in [-0.15, -0.1) is 0 Å². The normalized spacial score (nSPS) is 16.4. The zero-order valence-corrected chi connectivity index (χ0v) is 12.5. The first-order valence-corrected chi connectivity index (χ1v) is 7.47. The van der Waals surface area contributed by atoms with E-state index >= 15 is 0 Å². The molecule has 0 bridgehead atoms. The summed E-state index contributed by atoms with van der Waals surface area (Å²) in [5.41, 5.74) is 2.96. The van der Waals surface area contributed by atoms with E-state index in [2.05, 4.69) is 20.8 Å². The Kier molecular flexibility index (Phi) is 4.36. The fourth-order valence-electron chi connectivity index (χ4n) is 2.78. The quantitative estimate of drug-likeness (QED) is 0.824. The molecule has 0 saturated heterocycles. The second kappa shape index (κ2) is 5.86. The molecule has 1 saturated carbocycles. The van der Waals surface area contributed by atoms with Crippen molar-refractivity contribution >= 4 is 5.97 Å². The molecule has 3 nitrogen and oxygen atoms in total. The number of rotatable bonds is 6. The Labute approximate surface area is 120 Å². The Morgan fingerprint density at radius 3 is 2.35 bits per heavy atom. The molecule has 1 aliphatic rings. The lowest BCUT2D eigenvalue weighted by molar-refractivity contribution is -0.136. The van der Waals surface area contributed by atoms with Crippen LogP contribution < -0.4 is 0 Å². The average Bonchev–Trinajstić information content (AvgIpc) is 3.20. The molecule has 1 aromatic rings. The molecule has 1 aliphatic carbocycles. The van der Waals surface area contributed by atoms with Crippen LogP contribution >= 0.6 is 0 Å². The van der Waals surface area contributed by atoms with Crippen molar-refractivity contribution in [2.75, 3.05) is 0 Å². The minimum absolute atomic E-state index is 0.138. The Morgan fingerprint density at radius 1 is 1.25 bits per heavy atom. The summed E-state index contributed by atoms with van der Waals surface area (Å²) in [5, 5.41) is 19.3. The van der Waals surface area contributed by atoms with Gasteiger partial charge in [0.1, 0.15) is 5.75 Å². The van der Waals surface area contributed by atoms with Crippen LogP contribution in [0.2, 0.25) is 0 Å². The van der Waals surface area contributed by atoms with E-state index in [1.165, 1.54) is 12.8 Å². The van der Waals surface area contributed by atoms with Crippen LogP contribution in [0, 0.1) is 5.92 Å². The molecule has 1 fully saturated rings. The Hall–Kier alpha value is -1.51. The van der Waals surface area contributed by atoms with Gasteiger partial charge >= 0.3 is 5.97 Å². The van der Waals surface area contributed by atoms with Crippen molar-refractivity contribution in [3.05, 3.63) is 28.8 Å². The van der Waals surface area contributed by atoms with Crippen LogP contribution in [0.5, 0.6) is 5.75 Å². The largest absolute Gasteiger partial charge is 0.507 e. The van der Waals surface area contributed by atoms with E-state index in [4.69, 9.17) is 5.11 Å². The molecule has 1 atom stereocenters. The van der Waals surface area contributed by atoms with E-state index < -0.39 is 5.97 Å². The number of carboxylic acid groups (broad SMARTS) is 1. The highest BCUT2D eigenvalue weighted by molar-refractivity contribution is 5.67. The molecule has 3 heteroatoms. The van der Waals surface area contributed by atoms with Gasteiger partial charge in [-0.25, -0.2) is 0 Å². The first kappa shape index (κ1) is 14.9. The average molecular weight is 276 g/mol. The van der Waals surface area contributed by atoms with Crippen molar-refractivity contribution in [2.45, 2.75) is 58.3 Å². The predicted octanol–water partition coefficient (Wildman–Crippen LogP) is 4.05. The van der Waals surface area contributed by atoms with E-state index in [9.17, 15) is 9.90 Å². The number of carbonyl (C=O) groups is 1. The lowest BCUT2D eigenvalue weighted by atomic mass is 9.87. The van der Waals surface area contributed by atoms with Crippen LogP contribution in [0.4, 0.5) is 0 Å². The summed E-state index contributed by atoms with van der Waals surface area (Å²) in [5.74, 6) is 0.914. The number of hydrogen-bond acceptors (Lipinski definition) is 2. The molecule has 20 heavy (non-hydrogen) atoms. The monoisotopic (exact) mass is 276 g/mol. The molecule has 0 amide bonds. The van der Waals surface area contributed by atoms with Gasteiger partial charge in [0.2, 0.25) is 0 Å². The van der Waals surface area contributed by atoms with E-state index in [0.717, 1.165) is 16.7 Å². The van der Waals surface area contributed by atoms with Crippen LogP contribution in [0.15, 0.2) is 12.1 Å². The molecule has 0 aliphatic heterocycles. The third kappa shape index (κ3) is 3.33. The first-order chi connectivity index (χ1) is 9.40. The van der Waals surface area contributed by atoms with Crippen molar-refractivity contribution in [3.63, 3.8) is 0 Å². The zero-order valence-electron chi connectivity index (χ0n) is 12.5. The summed E-state index contributed by atoms with van der Waals surface area (Å²) in [7, 11) is 0. The number of aromatic hydroxyl groups is 1. The second-order valence-corrected chi connectivity index (χ2v) is 6.30. The molecule has 0 radical (unpaired) electrons. The second-order valence-electron chi connectivity index (χ2n) is 6.30. The summed E-state index contributed by atoms with van der Waals surface area (Å²) >= 11 is 0. The first-order valence-electron chi connectivity index (χ1n) is 7.47. The van der Waals surface area contributed by atoms with Crippen LogP contribution in [0.25, 0.3) is 0 Å². The maximum atomic E-state index is 10.7. The molecule has 0 aromatic heterocycles. The number of aliphatic carboxylic acids is 1. The number of phenols is 1. The van der Waals surface area contributed by atoms with Crippen LogP contribution in [-0.2, 0) is 11.2 Å². The van der Waals surface area contributed by atoms with Gasteiger partial charge in [-0.2, -0.15) is 0 Å². The van der Waals surface area contributed by atoms with E-state index in [-0.39, 0.29) is 12.3 Å². The van der Waals surface area contributed by atoms with Crippen molar-refractivity contribution < 1.29 is 15.0 Å². The van der Waals surface area contributed by atoms with E-state index in [0.29, 0.717) is 24.0 Å². The minimum Gasteiger partial charge on any atom is -0.507 e. The molecule has 0 heterocycles. The van der Waals surface area contributed by atoms with E-state index in [1.54, 1.807) is 0 Å². The zero-order chi connectivity index (χ0) is 14.9. The third-order valence-corrected chi connectivity index (χ3v) is 4.30. The molecule has 0 spiro atoms. The lowest BCUT2D eigenvalue weighted by Crippen LogP contribution is -2.04. The molecular formula is C17H24O3. The molecule has 2 rings (SSSR count). The Balaban J connectivity index is 2.35. The van der Waals surface area contributed by atoms with Gasteiger partial charge in [0, 0.05) is 6.42 Å². The molecule has 1 aromatic carbocycles. The van der Waals surface area contributed by atoms with Gasteiger partial charge in [-0.1, -0.05) is 32.9 Å². The standard InChI is InChI=1S/C17H24O3/c1-10(2)14-8-12(4-7-16(18)19)9-15(17(14)20)11(3)13-5-6-13/h8-11,13,20H,4-7H2,1-3H3,(H,18,19)/t11-/m1/s1. The summed E-state index contributed by atoms with van der Waals surface area (Å²) < 4.78 is 0. The van der Waals surface area contributed by atoms with Crippen LogP contribution in [0.1, 0.15) is 68.6 Å². The Morgan fingerprint density at radius 2 is 1.85 bits per heavy atom. The van der Waals surface area contributed by atoms with Gasteiger partial charge < -0.3 is 10.2 Å². The number of hydrogen-bond donors (Lipinski definition) is 2. The fourth-order valence-corrected chi connectivity index (χ4v) is 2.78. The highest BCUT2D eigenvalue weighted by Gasteiger charge is 2.31. The molecular weight excluding hydrogens is 252 g/mol. The predicted molar refractivity (Wildman–Crippen MR) is 79.3 cm³/mol. The summed E-state index contributed by atoms with van der Waals surface area (Å²) in [6.07, 6.45) is 3.13. The topological polar surface area (TPSA) is 57.5 Å². The van der Waals surface area contributed by atoms with Crippen LogP contribution in [0.3, 0.4) is 0 Å². The number of benzene rings is 1. The third-order valence-electron chi connectivity index (χ3n) is 4.30. The number of phenolic OH excluding ortho intramolecular Hbond substituents is 1. The highest BCUT2D eigenvalue weighted by atomic mass is 16.4. The van der Waals surface area contributed by atoms with Crippen molar-refractivity contribution in [3.8, 4) is 5.75 Å². The summed E-state index contributed by atoms with van der Waals surface area (Å²) in [6.45, 7) is 6.28. The van der Waals surface area contributed by atoms with Gasteiger partial charge in [0.15, 0.2) is 0 Å². The number of aryl methyl sites for hydroxylation is 1. The molecule has 110 valence electrons. The van der Waals surface area contributed by atoms with Gasteiger partial charge in [-0.3, -0.25) is 4.79 Å². The highest BCUT2D eigenvalue weighted by Crippen LogP contribution is 2.46. The minimum atomic E-state index is -0.777. The van der Waals surface area contributed by atoms with Crippen molar-refractivity contribution in [1.82, 2.24) is 0 Å². The van der Waals surface area contributed by atoms with Crippen molar-refractivity contribution in [2.24, 2.45) is 5.92 Å². The van der Waals surface area contributed by atoms with Gasteiger partial charge in [0.05, 0.1) is 0 Å². The number of carboxylic acids is 1. The van der Waals surface area contributed by atoms with E-state index in [1.807, 2.05) is 12.1 Å². The molecule has 2 N–H and O–H groups in total. The SMILES string of the molecule is CC(C)c1cc(CCC(=O)O)cc([C@H](C)C2CC2)c1O. The van der Waals surface area contributed by atoms with Gasteiger partial charge in [-0.05, 0) is 53.7 Å². The smallest absolute Gasteiger partial charge is 0.303 e. The van der Waals surface area contributed by atoms with Gasteiger partial charge in [0.25, 0.3) is 0 Å². The summed E-state index contributed by atoms with van der Waals surface area (Å²) in [6, 6.07) is 3.97. The Bertz CT molecular complexity index is 501. The molecule has 0 unspecified atom stereocenters.